The number of rotatable bonds is 7. The van der Waals surface area contributed by atoms with Crippen LogP contribution < -0.4 is 15.4 Å². The molecule has 2 amide bonds. The van der Waals surface area contributed by atoms with Crippen LogP contribution in [0.4, 0.5) is 5.69 Å². The molecule has 1 aliphatic rings. The molecule has 2 N–H and O–H groups in total. The molecule has 26 heavy (non-hydrogen) atoms. The molecule has 1 aromatic rings. The van der Waals surface area contributed by atoms with Gasteiger partial charge in [-0.05, 0) is 55.9 Å². The maximum absolute atomic E-state index is 12.7. The van der Waals surface area contributed by atoms with Gasteiger partial charge in [-0.2, -0.15) is 0 Å². The fraction of sp³-hybridized carbons (Fsp3) is 0.619. The summed E-state index contributed by atoms with van der Waals surface area (Å²) in [6.45, 7) is 8.57. The zero-order valence-electron chi connectivity index (χ0n) is 16.4. The number of nitrogens with one attached hydrogen (secondary N) is 2. The SMILES string of the molecule is CCOc1ccc(NC(=O)C(NC(=O)C2CCCCC2C)C(C)C)cc1. The average Bonchev–Trinajstić information content (AvgIpc) is 2.61. The summed E-state index contributed by atoms with van der Waals surface area (Å²) in [4.78, 5) is 25.4. The third-order valence-corrected chi connectivity index (χ3v) is 5.13. The van der Waals surface area contributed by atoms with Gasteiger partial charge in [-0.3, -0.25) is 9.59 Å². The number of ether oxygens (including phenoxy) is 1. The molecule has 5 heteroatoms. The molecule has 0 saturated heterocycles. The maximum atomic E-state index is 12.7. The molecule has 1 aliphatic carbocycles. The van der Waals surface area contributed by atoms with E-state index >= 15 is 0 Å². The average molecular weight is 360 g/mol. The van der Waals surface area contributed by atoms with Gasteiger partial charge >= 0.3 is 0 Å². The van der Waals surface area contributed by atoms with Crippen molar-refractivity contribution < 1.29 is 14.3 Å². The third kappa shape index (κ3) is 5.48. The Morgan fingerprint density at radius 3 is 2.38 bits per heavy atom. The predicted molar refractivity (Wildman–Crippen MR) is 104 cm³/mol. The topological polar surface area (TPSA) is 67.4 Å². The smallest absolute Gasteiger partial charge is 0.247 e. The molecule has 1 fully saturated rings. The van der Waals surface area contributed by atoms with Crippen LogP contribution in [-0.2, 0) is 9.59 Å². The van der Waals surface area contributed by atoms with E-state index in [4.69, 9.17) is 4.74 Å². The van der Waals surface area contributed by atoms with E-state index in [0.29, 0.717) is 18.2 Å². The molecule has 0 heterocycles. The summed E-state index contributed by atoms with van der Waals surface area (Å²) in [5, 5.41) is 5.90. The molecule has 0 bridgehead atoms. The van der Waals surface area contributed by atoms with Crippen molar-refractivity contribution in [2.24, 2.45) is 17.8 Å². The lowest BCUT2D eigenvalue weighted by molar-refractivity contribution is -0.132. The summed E-state index contributed by atoms with van der Waals surface area (Å²) in [5.74, 6) is 1.01. The van der Waals surface area contributed by atoms with E-state index in [2.05, 4.69) is 17.6 Å². The molecule has 3 unspecified atom stereocenters. The number of hydrogen-bond donors (Lipinski definition) is 2. The van der Waals surface area contributed by atoms with Crippen LogP contribution >= 0.6 is 0 Å². The Morgan fingerprint density at radius 2 is 1.81 bits per heavy atom. The van der Waals surface area contributed by atoms with E-state index in [1.165, 1.54) is 6.42 Å². The second-order valence-electron chi connectivity index (χ2n) is 7.55. The fourth-order valence-electron chi connectivity index (χ4n) is 3.52. The molecule has 1 saturated carbocycles. The first-order valence-electron chi connectivity index (χ1n) is 9.76. The van der Waals surface area contributed by atoms with Crippen LogP contribution in [0.1, 0.15) is 53.4 Å². The molecule has 144 valence electrons. The van der Waals surface area contributed by atoms with Crippen LogP contribution in [0.25, 0.3) is 0 Å². The van der Waals surface area contributed by atoms with Gasteiger partial charge in [-0.25, -0.2) is 0 Å². The Bertz CT molecular complexity index is 598. The molecule has 1 aromatic carbocycles. The van der Waals surface area contributed by atoms with Gasteiger partial charge in [0.05, 0.1) is 6.61 Å². The van der Waals surface area contributed by atoms with E-state index in [1.54, 1.807) is 0 Å². The Kier molecular flexibility index (Phi) is 7.49. The zero-order valence-corrected chi connectivity index (χ0v) is 16.4. The van der Waals surface area contributed by atoms with Crippen molar-refractivity contribution in [2.45, 2.75) is 59.4 Å². The molecule has 3 atom stereocenters. The first kappa shape index (κ1) is 20.3. The van der Waals surface area contributed by atoms with E-state index < -0.39 is 6.04 Å². The quantitative estimate of drug-likeness (QED) is 0.772. The Morgan fingerprint density at radius 1 is 1.15 bits per heavy atom. The number of hydrogen-bond acceptors (Lipinski definition) is 3. The van der Waals surface area contributed by atoms with Crippen molar-refractivity contribution in [2.75, 3.05) is 11.9 Å². The summed E-state index contributed by atoms with van der Waals surface area (Å²) in [7, 11) is 0. The Balaban J connectivity index is 1.99. The Labute approximate surface area is 156 Å². The highest BCUT2D eigenvalue weighted by atomic mass is 16.5. The van der Waals surface area contributed by atoms with Gasteiger partial charge in [0, 0.05) is 11.6 Å². The summed E-state index contributed by atoms with van der Waals surface area (Å²) in [6, 6.07) is 6.73. The predicted octanol–water partition coefficient (Wildman–Crippen LogP) is 3.99. The number of benzene rings is 1. The van der Waals surface area contributed by atoms with Crippen LogP contribution in [0.2, 0.25) is 0 Å². The summed E-state index contributed by atoms with van der Waals surface area (Å²) >= 11 is 0. The van der Waals surface area contributed by atoms with Gasteiger partial charge in [0.25, 0.3) is 0 Å². The van der Waals surface area contributed by atoms with Crippen molar-refractivity contribution in [3.8, 4) is 5.75 Å². The largest absolute Gasteiger partial charge is 0.494 e. The van der Waals surface area contributed by atoms with Gasteiger partial charge in [-0.15, -0.1) is 0 Å². The second kappa shape index (κ2) is 9.60. The van der Waals surface area contributed by atoms with Crippen LogP contribution in [0.3, 0.4) is 0 Å². The highest BCUT2D eigenvalue weighted by Gasteiger charge is 2.32. The maximum Gasteiger partial charge on any atom is 0.247 e. The van der Waals surface area contributed by atoms with Crippen molar-refractivity contribution in [3.63, 3.8) is 0 Å². The van der Waals surface area contributed by atoms with Crippen LogP contribution in [0, 0.1) is 17.8 Å². The summed E-state index contributed by atoms with van der Waals surface area (Å²) < 4.78 is 5.41. The van der Waals surface area contributed by atoms with Gasteiger partial charge in [0.1, 0.15) is 11.8 Å². The molecule has 0 aliphatic heterocycles. The normalized spacial score (nSPS) is 21.1. The standard InChI is InChI=1S/C21H32N2O3/c1-5-26-17-12-10-16(11-13-17)22-21(25)19(14(2)3)23-20(24)18-9-7-6-8-15(18)4/h10-15,18-19H,5-9H2,1-4H3,(H,22,25)(H,23,24). The van der Waals surface area contributed by atoms with E-state index in [9.17, 15) is 9.59 Å². The number of amides is 2. The number of carbonyl (C=O) groups is 2. The number of anilines is 1. The zero-order chi connectivity index (χ0) is 19.1. The first-order chi connectivity index (χ1) is 12.4. The third-order valence-electron chi connectivity index (χ3n) is 5.13. The molecule has 2 rings (SSSR count). The van der Waals surface area contributed by atoms with Crippen molar-refractivity contribution >= 4 is 17.5 Å². The van der Waals surface area contributed by atoms with Gasteiger partial charge in [0.15, 0.2) is 0 Å². The summed E-state index contributed by atoms with van der Waals surface area (Å²) in [5.41, 5.74) is 0.699. The molecule has 5 nitrogen and oxygen atoms in total. The van der Waals surface area contributed by atoms with Crippen LogP contribution in [-0.4, -0.2) is 24.5 Å². The highest BCUT2D eigenvalue weighted by molar-refractivity contribution is 5.97. The van der Waals surface area contributed by atoms with Crippen molar-refractivity contribution in [3.05, 3.63) is 24.3 Å². The van der Waals surface area contributed by atoms with E-state index in [0.717, 1.165) is 25.0 Å². The minimum absolute atomic E-state index is 0.0118. The second-order valence-corrected chi connectivity index (χ2v) is 7.55. The Hall–Kier alpha value is -2.04. The molecular formula is C21H32N2O3. The van der Waals surface area contributed by atoms with Gasteiger partial charge in [-0.1, -0.05) is 33.6 Å². The van der Waals surface area contributed by atoms with E-state index in [-0.39, 0.29) is 23.7 Å². The van der Waals surface area contributed by atoms with Crippen molar-refractivity contribution in [1.82, 2.24) is 5.32 Å². The van der Waals surface area contributed by atoms with Gasteiger partial charge < -0.3 is 15.4 Å². The van der Waals surface area contributed by atoms with Crippen LogP contribution in [0.15, 0.2) is 24.3 Å². The molecule has 0 spiro atoms. The lowest BCUT2D eigenvalue weighted by atomic mass is 9.79. The minimum atomic E-state index is -0.539. The van der Waals surface area contributed by atoms with Gasteiger partial charge in [0.2, 0.25) is 11.8 Å². The lowest BCUT2D eigenvalue weighted by Gasteiger charge is -2.30. The highest BCUT2D eigenvalue weighted by Crippen LogP contribution is 2.30. The van der Waals surface area contributed by atoms with Crippen molar-refractivity contribution in [1.29, 1.82) is 0 Å². The van der Waals surface area contributed by atoms with E-state index in [1.807, 2.05) is 45.0 Å². The lowest BCUT2D eigenvalue weighted by Crippen LogP contribution is -2.50. The first-order valence-corrected chi connectivity index (χ1v) is 9.76. The molecular weight excluding hydrogens is 328 g/mol. The fourth-order valence-corrected chi connectivity index (χ4v) is 3.52. The molecule has 0 aromatic heterocycles. The van der Waals surface area contributed by atoms with Crippen LogP contribution in [0.5, 0.6) is 5.75 Å². The summed E-state index contributed by atoms with van der Waals surface area (Å²) in [6.07, 6.45) is 4.28. The monoisotopic (exact) mass is 360 g/mol. The minimum Gasteiger partial charge on any atom is -0.494 e. The molecule has 0 radical (unpaired) electrons. The number of carbonyl (C=O) groups excluding carboxylic acids is 2.